The van der Waals surface area contributed by atoms with Crippen LogP contribution in [0.25, 0.3) is 0 Å². The van der Waals surface area contributed by atoms with Gasteiger partial charge in [-0.3, -0.25) is 24.2 Å². The van der Waals surface area contributed by atoms with Crippen molar-refractivity contribution >= 4 is 40.9 Å². The van der Waals surface area contributed by atoms with Crippen LogP contribution in [-0.2, 0) is 20.4 Å². The lowest BCUT2D eigenvalue weighted by molar-refractivity contribution is -0.127. The summed E-state index contributed by atoms with van der Waals surface area (Å²) in [5.41, 5.74) is 6.12. The van der Waals surface area contributed by atoms with E-state index in [2.05, 4.69) is 11.8 Å². The molecule has 11 heteroatoms. The SMILES string of the molecule is CCCN1CCC(C(N)=O)(c2ccccc2)CC1C1(c2ccc(Cl)c(Cl)c2)CC(=O)N(C(=O)c2cc(OC)c(OC)c(OC)c2)C1. The maximum Gasteiger partial charge on any atom is 0.260 e. The number of nitrogens with two attached hydrogens (primary N) is 1. The van der Waals surface area contributed by atoms with E-state index in [0.29, 0.717) is 46.7 Å². The predicted octanol–water partition coefficient (Wildman–Crippen LogP) is 5.63. The first kappa shape index (κ1) is 33.6. The number of imide groups is 1. The first-order valence-electron chi connectivity index (χ1n) is 15.2. The quantitative estimate of drug-likeness (QED) is 0.279. The Morgan fingerprint density at radius 3 is 2.17 bits per heavy atom. The Labute approximate surface area is 279 Å². The van der Waals surface area contributed by atoms with Crippen molar-refractivity contribution in [3.8, 4) is 17.2 Å². The molecule has 0 saturated carbocycles. The molecule has 5 rings (SSSR count). The van der Waals surface area contributed by atoms with Gasteiger partial charge in [-0.15, -0.1) is 0 Å². The molecule has 46 heavy (non-hydrogen) atoms. The molecular weight excluding hydrogens is 629 g/mol. The summed E-state index contributed by atoms with van der Waals surface area (Å²) in [6.07, 6.45) is 1.74. The molecule has 0 bridgehead atoms. The fourth-order valence-electron chi connectivity index (χ4n) is 7.29. The molecule has 3 aromatic rings. The summed E-state index contributed by atoms with van der Waals surface area (Å²) in [5.74, 6) is -0.352. The fraction of sp³-hybridized carbons (Fsp3) is 0.400. The van der Waals surface area contributed by atoms with E-state index in [1.807, 2.05) is 36.4 Å². The number of amides is 3. The summed E-state index contributed by atoms with van der Waals surface area (Å²) < 4.78 is 16.4. The molecule has 2 heterocycles. The Bertz CT molecular complexity index is 1610. The molecular formula is C35H39Cl2N3O6. The minimum Gasteiger partial charge on any atom is -0.493 e. The molecule has 3 unspecified atom stereocenters. The molecule has 9 nitrogen and oxygen atoms in total. The van der Waals surface area contributed by atoms with Gasteiger partial charge in [0.25, 0.3) is 5.91 Å². The molecule has 2 N–H and O–H groups in total. The molecule has 0 radical (unpaired) electrons. The molecule has 0 aromatic heterocycles. The average molecular weight is 669 g/mol. The number of rotatable bonds is 10. The molecule has 0 spiro atoms. The Hall–Kier alpha value is -3.79. The van der Waals surface area contributed by atoms with E-state index in [-0.39, 0.29) is 30.5 Å². The number of likely N-dealkylation sites (tertiary alicyclic amines) is 2. The van der Waals surface area contributed by atoms with Gasteiger partial charge in [0, 0.05) is 30.0 Å². The second-order valence-electron chi connectivity index (χ2n) is 12.0. The Balaban J connectivity index is 1.66. The number of benzene rings is 3. The highest BCUT2D eigenvalue weighted by atomic mass is 35.5. The van der Waals surface area contributed by atoms with Crippen LogP contribution < -0.4 is 19.9 Å². The highest BCUT2D eigenvalue weighted by Gasteiger charge is 2.58. The van der Waals surface area contributed by atoms with Crippen LogP contribution in [0.5, 0.6) is 17.2 Å². The summed E-state index contributed by atoms with van der Waals surface area (Å²) in [7, 11) is 4.40. The number of carbonyl (C=O) groups is 3. The topological polar surface area (TPSA) is 111 Å². The predicted molar refractivity (Wildman–Crippen MR) is 177 cm³/mol. The third-order valence-corrected chi connectivity index (χ3v) is 10.4. The molecule has 2 aliphatic rings. The second-order valence-corrected chi connectivity index (χ2v) is 12.8. The number of ether oxygens (including phenoxy) is 3. The zero-order chi connectivity index (χ0) is 33.2. The lowest BCUT2D eigenvalue weighted by Crippen LogP contribution is -2.61. The zero-order valence-corrected chi connectivity index (χ0v) is 28.0. The number of hydrogen-bond acceptors (Lipinski definition) is 7. The maximum atomic E-state index is 14.2. The first-order valence-corrected chi connectivity index (χ1v) is 16.0. The van der Waals surface area contributed by atoms with Crippen LogP contribution in [0.15, 0.2) is 60.7 Å². The number of methoxy groups -OCH3 is 3. The van der Waals surface area contributed by atoms with Gasteiger partial charge in [-0.2, -0.15) is 0 Å². The van der Waals surface area contributed by atoms with Crippen molar-refractivity contribution < 1.29 is 28.6 Å². The number of nitrogens with zero attached hydrogens (tertiary/aromatic N) is 2. The van der Waals surface area contributed by atoms with Crippen molar-refractivity contribution in [3.63, 3.8) is 0 Å². The third-order valence-electron chi connectivity index (χ3n) is 9.61. The van der Waals surface area contributed by atoms with E-state index in [1.54, 1.807) is 12.1 Å². The summed E-state index contributed by atoms with van der Waals surface area (Å²) in [4.78, 5) is 45.3. The summed E-state index contributed by atoms with van der Waals surface area (Å²) in [6, 6.07) is 17.6. The Morgan fingerprint density at radius 2 is 1.61 bits per heavy atom. The van der Waals surface area contributed by atoms with Crippen molar-refractivity contribution in [3.05, 3.63) is 87.4 Å². The third kappa shape index (κ3) is 5.80. The highest BCUT2D eigenvalue weighted by Crippen LogP contribution is 2.50. The van der Waals surface area contributed by atoms with E-state index in [1.165, 1.54) is 38.4 Å². The summed E-state index contributed by atoms with van der Waals surface area (Å²) in [6.45, 7) is 3.45. The molecule has 2 saturated heterocycles. The van der Waals surface area contributed by atoms with Crippen LogP contribution in [0.4, 0.5) is 0 Å². The van der Waals surface area contributed by atoms with Gasteiger partial charge in [-0.05, 0) is 67.7 Å². The van der Waals surface area contributed by atoms with Crippen molar-refractivity contribution in [2.45, 2.75) is 49.5 Å². The Morgan fingerprint density at radius 1 is 0.935 bits per heavy atom. The number of primary amides is 1. The molecule has 2 aliphatic heterocycles. The standard InChI is InChI=1S/C35H39Cl2N3O6/c1-5-14-39-15-13-34(33(38)43,23-9-7-6-8-10-23)19-29(39)35(24-11-12-25(36)26(37)18-24)20-30(41)40(21-35)32(42)22-16-27(44-2)31(46-4)28(17-22)45-3/h6-12,16-18,29H,5,13-15,19-21H2,1-4H3,(H2,38,43). The van der Waals surface area contributed by atoms with E-state index in [0.717, 1.165) is 24.1 Å². The van der Waals surface area contributed by atoms with Gasteiger partial charge in [-0.25, -0.2) is 0 Å². The summed E-state index contributed by atoms with van der Waals surface area (Å²) >= 11 is 13.0. The number of halogens is 2. The molecule has 3 amide bonds. The number of carbonyl (C=O) groups excluding carboxylic acids is 3. The van der Waals surface area contributed by atoms with Crippen molar-refractivity contribution in [1.82, 2.24) is 9.80 Å². The van der Waals surface area contributed by atoms with Gasteiger partial charge in [0.05, 0.1) is 36.8 Å². The van der Waals surface area contributed by atoms with Crippen LogP contribution >= 0.6 is 23.2 Å². The van der Waals surface area contributed by atoms with Crippen LogP contribution in [0, 0.1) is 0 Å². The van der Waals surface area contributed by atoms with Gasteiger partial charge in [-0.1, -0.05) is 66.5 Å². The van der Waals surface area contributed by atoms with E-state index < -0.39 is 22.6 Å². The molecule has 3 atom stereocenters. The van der Waals surface area contributed by atoms with Crippen LogP contribution in [-0.4, -0.2) is 74.5 Å². The monoisotopic (exact) mass is 667 g/mol. The minimum atomic E-state index is -0.976. The maximum absolute atomic E-state index is 14.2. The Kier molecular flexibility index (Phi) is 9.86. The van der Waals surface area contributed by atoms with Crippen molar-refractivity contribution in [2.24, 2.45) is 5.73 Å². The van der Waals surface area contributed by atoms with Crippen LogP contribution in [0.2, 0.25) is 10.0 Å². The average Bonchev–Trinajstić information content (AvgIpc) is 3.43. The van der Waals surface area contributed by atoms with Crippen LogP contribution in [0.3, 0.4) is 0 Å². The summed E-state index contributed by atoms with van der Waals surface area (Å²) in [5, 5.41) is 0.711. The fourth-order valence-corrected chi connectivity index (χ4v) is 7.59. The van der Waals surface area contributed by atoms with Gasteiger partial charge in [0.15, 0.2) is 11.5 Å². The zero-order valence-electron chi connectivity index (χ0n) is 26.5. The van der Waals surface area contributed by atoms with Gasteiger partial charge in [0.2, 0.25) is 17.6 Å². The smallest absolute Gasteiger partial charge is 0.260 e. The highest BCUT2D eigenvalue weighted by molar-refractivity contribution is 6.42. The lowest BCUT2D eigenvalue weighted by atomic mass is 9.61. The second kappa shape index (κ2) is 13.5. The van der Waals surface area contributed by atoms with E-state index in [4.69, 9.17) is 43.1 Å². The number of piperidine rings is 1. The van der Waals surface area contributed by atoms with Crippen molar-refractivity contribution in [2.75, 3.05) is 41.0 Å². The molecule has 244 valence electrons. The van der Waals surface area contributed by atoms with Gasteiger partial charge >= 0.3 is 0 Å². The first-order chi connectivity index (χ1) is 22.0. The largest absolute Gasteiger partial charge is 0.493 e. The number of hydrogen-bond donors (Lipinski definition) is 1. The normalized spacial score (nSPS) is 23.3. The molecule has 3 aromatic carbocycles. The molecule has 2 fully saturated rings. The van der Waals surface area contributed by atoms with Crippen molar-refractivity contribution in [1.29, 1.82) is 0 Å². The van der Waals surface area contributed by atoms with E-state index in [9.17, 15) is 14.4 Å². The van der Waals surface area contributed by atoms with Gasteiger partial charge < -0.3 is 19.9 Å². The van der Waals surface area contributed by atoms with Gasteiger partial charge in [0.1, 0.15) is 0 Å². The lowest BCUT2D eigenvalue weighted by Gasteiger charge is -2.52. The van der Waals surface area contributed by atoms with E-state index >= 15 is 0 Å². The van der Waals surface area contributed by atoms with Crippen LogP contribution in [0.1, 0.15) is 54.1 Å². The minimum absolute atomic E-state index is 0.00956. The molecule has 0 aliphatic carbocycles.